The van der Waals surface area contributed by atoms with Gasteiger partial charge in [0.25, 0.3) is 15.9 Å². The number of nitrogens with one attached hydrogen (secondary N) is 1. The van der Waals surface area contributed by atoms with Crippen LogP contribution in [0.15, 0.2) is 60.9 Å². The molecule has 208 valence electrons. The molecule has 1 unspecified atom stereocenters. The quantitative estimate of drug-likeness (QED) is 0.361. The van der Waals surface area contributed by atoms with Gasteiger partial charge in [0, 0.05) is 30.2 Å². The summed E-state index contributed by atoms with van der Waals surface area (Å²) in [4.78, 5) is 24.5. The Morgan fingerprint density at radius 3 is 2.62 bits per heavy atom. The Hall–Kier alpha value is -4.09. The average Bonchev–Trinajstić information content (AvgIpc) is 3.36. The molecular formula is C29H32N6O4S. The number of anilines is 1. The van der Waals surface area contributed by atoms with Gasteiger partial charge < -0.3 is 15.0 Å². The molecule has 4 heterocycles. The molecule has 3 atom stereocenters. The molecule has 0 bridgehead atoms. The van der Waals surface area contributed by atoms with Crippen LogP contribution in [0, 0.1) is 0 Å². The van der Waals surface area contributed by atoms with E-state index in [1.54, 1.807) is 18.3 Å². The van der Waals surface area contributed by atoms with E-state index in [-0.39, 0.29) is 24.2 Å². The van der Waals surface area contributed by atoms with Crippen LogP contribution >= 0.6 is 0 Å². The minimum Gasteiger partial charge on any atom is -0.372 e. The molecule has 11 heteroatoms. The Labute approximate surface area is 233 Å². The van der Waals surface area contributed by atoms with Crippen molar-refractivity contribution in [3.63, 3.8) is 0 Å². The van der Waals surface area contributed by atoms with Gasteiger partial charge in [-0.25, -0.2) is 13.4 Å². The van der Waals surface area contributed by atoms with Crippen LogP contribution in [0.3, 0.4) is 0 Å². The van der Waals surface area contributed by atoms with E-state index in [1.165, 1.54) is 12.3 Å². The van der Waals surface area contributed by atoms with Crippen molar-refractivity contribution >= 4 is 44.8 Å². The normalized spacial score (nSPS) is 18.8. The molecule has 0 spiro atoms. The molecule has 0 saturated carbocycles. The molecule has 1 saturated heterocycles. The number of morpholine rings is 1. The summed E-state index contributed by atoms with van der Waals surface area (Å²) >= 11 is 0. The van der Waals surface area contributed by atoms with E-state index in [4.69, 9.17) is 9.72 Å². The number of hydrogen-bond donors (Lipinski definition) is 1. The second-order valence-corrected chi connectivity index (χ2v) is 12.0. The molecule has 1 aromatic carbocycles. The van der Waals surface area contributed by atoms with Gasteiger partial charge in [-0.05, 0) is 68.8 Å². The minimum atomic E-state index is -3.59. The van der Waals surface area contributed by atoms with Crippen molar-refractivity contribution in [2.45, 2.75) is 39.0 Å². The maximum absolute atomic E-state index is 13.0. The van der Waals surface area contributed by atoms with E-state index in [0.717, 1.165) is 40.5 Å². The lowest BCUT2D eigenvalue weighted by molar-refractivity contribution is -0.00546. The van der Waals surface area contributed by atoms with Crippen LogP contribution in [0.1, 0.15) is 54.1 Å². The summed E-state index contributed by atoms with van der Waals surface area (Å²) in [6.45, 7) is 7.60. The molecule has 4 aromatic rings. The molecule has 3 aromatic heterocycles. The van der Waals surface area contributed by atoms with Crippen LogP contribution < -0.4 is 10.2 Å². The van der Waals surface area contributed by atoms with Gasteiger partial charge >= 0.3 is 0 Å². The Bertz CT molecular complexity index is 1670. The number of ether oxygens (including phenoxy) is 1. The number of carbonyl (C=O) groups is 1. The van der Waals surface area contributed by atoms with Gasteiger partial charge in [-0.1, -0.05) is 18.2 Å². The Balaban J connectivity index is 1.28. The van der Waals surface area contributed by atoms with Crippen molar-refractivity contribution in [1.29, 1.82) is 0 Å². The lowest BCUT2D eigenvalue weighted by Gasteiger charge is -2.36. The number of carbonyl (C=O) groups excluding carboxylic acids is 1. The molecular weight excluding hydrogens is 528 g/mol. The van der Waals surface area contributed by atoms with E-state index >= 15 is 0 Å². The average molecular weight is 561 g/mol. The number of rotatable bonds is 7. The number of aromatic nitrogens is 4. The van der Waals surface area contributed by atoms with Gasteiger partial charge in [0.2, 0.25) is 0 Å². The smallest absolute Gasteiger partial charge is 0.251 e. The van der Waals surface area contributed by atoms with Crippen LogP contribution in [0.25, 0.3) is 23.1 Å². The first-order valence-electron chi connectivity index (χ1n) is 13.1. The predicted molar refractivity (Wildman–Crippen MR) is 155 cm³/mol. The topological polar surface area (TPSA) is 119 Å². The molecule has 10 nitrogen and oxygen atoms in total. The van der Waals surface area contributed by atoms with Gasteiger partial charge in [-0.15, -0.1) is 0 Å². The lowest BCUT2D eigenvalue weighted by atomic mass is 10.1. The SMILES string of the molecule is CC(NC(=O)c1ccc2cnn(S(C)(=O)=O)c2c1)c1cc(/C=C/c2cccc(N3C[C@@H](C)O[C@@H](C)C3)n2)ccn1. The molecule has 5 rings (SSSR count). The first kappa shape index (κ1) is 27.5. The number of pyridine rings is 2. The largest absolute Gasteiger partial charge is 0.372 e. The summed E-state index contributed by atoms with van der Waals surface area (Å²) in [5.41, 5.74) is 3.13. The summed E-state index contributed by atoms with van der Waals surface area (Å²) in [7, 11) is -3.59. The third kappa shape index (κ3) is 6.21. The molecule has 1 aliphatic heterocycles. The van der Waals surface area contributed by atoms with Crippen LogP contribution in [0.2, 0.25) is 0 Å². The number of nitrogens with zero attached hydrogens (tertiary/aromatic N) is 5. The molecule has 0 radical (unpaired) electrons. The highest BCUT2D eigenvalue weighted by Crippen LogP contribution is 2.21. The van der Waals surface area contributed by atoms with E-state index in [1.807, 2.05) is 49.4 Å². The minimum absolute atomic E-state index is 0.154. The van der Waals surface area contributed by atoms with E-state index in [9.17, 15) is 13.2 Å². The Kier molecular flexibility index (Phi) is 7.68. The zero-order valence-corrected chi connectivity index (χ0v) is 23.7. The van der Waals surface area contributed by atoms with Gasteiger partial charge in [0.05, 0.1) is 47.6 Å². The van der Waals surface area contributed by atoms with Gasteiger partial charge in [0.15, 0.2) is 0 Å². The molecule has 1 N–H and O–H groups in total. The summed E-state index contributed by atoms with van der Waals surface area (Å²) in [5.74, 6) is 0.583. The third-order valence-electron chi connectivity index (χ3n) is 6.66. The summed E-state index contributed by atoms with van der Waals surface area (Å²) in [5, 5.41) is 7.50. The van der Waals surface area contributed by atoms with Crippen molar-refractivity contribution in [1.82, 2.24) is 24.5 Å². The van der Waals surface area contributed by atoms with Gasteiger partial charge in [-0.3, -0.25) is 9.78 Å². The first-order valence-corrected chi connectivity index (χ1v) is 14.9. The highest BCUT2D eigenvalue weighted by molar-refractivity contribution is 7.89. The predicted octanol–water partition coefficient (Wildman–Crippen LogP) is 3.91. The number of hydrogen-bond acceptors (Lipinski definition) is 8. The van der Waals surface area contributed by atoms with Crippen molar-refractivity contribution in [2.75, 3.05) is 24.2 Å². The fraction of sp³-hybridized carbons (Fsp3) is 0.310. The second-order valence-electron chi connectivity index (χ2n) is 10.1. The van der Waals surface area contributed by atoms with Crippen molar-refractivity contribution < 1.29 is 17.9 Å². The molecule has 1 aliphatic rings. The monoisotopic (exact) mass is 560 g/mol. The summed E-state index contributed by atoms with van der Waals surface area (Å²) < 4.78 is 30.8. The number of benzene rings is 1. The maximum Gasteiger partial charge on any atom is 0.251 e. The van der Waals surface area contributed by atoms with Gasteiger partial charge in [0.1, 0.15) is 5.82 Å². The van der Waals surface area contributed by atoms with Crippen molar-refractivity contribution in [2.24, 2.45) is 0 Å². The standard InChI is InChI=1S/C29H32N6O4S/c1-19-17-34(18-20(2)39-19)28-7-5-6-25(33-28)11-8-22-12-13-30-26(14-22)21(3)32-29(36)23-9-10-24-16-31-35(27(24)15-23)40(4,37)38/h5-16,19-21H,17-18H2,1-4H3,(H,32,36)/b11-8+/t19-,20+,21?. The second kappa shape index (κ2) is 11.2. The molecule has 40 heavy (non-hydrogen) atoms. The number of fused-ring (bicyclic) bond motifs is 1. The third-order valence-corrected chi connectivity index (χ3v) is 7.58. The highest BCUT2D eigenvalue weighted by atomic mass is 32.2. The van der Waals surface area contributed by atoms with E-state index < -0.39 is 10.0 Å². The summed E-state index contributed by atoms with van der Waals surface area (Å²) in [6.07, 6.45) is 8.46. The fourth-order valence-electron chi connectivity index (χ4n) is 4.82. The zero-order valence-electron chi connectivity index (χ0n) is 22.9. The van der Waals surface area contributed by atoms with E-state index in [0.29, 0.717) is 22.2 Å². The van der Waals surface area contributed by atoms with Crippen LogP contribution in [0.5, 0.6) is 0 Å². The molecule has 1 fully saturated rings. The van der Waals surface area contributed by atoms with E-state index in [2.05, 4.69) is 34.1 Å². The Morgan fingerprint density at radius 2 is 1.88 bits per heavy atom. The zero-order chi connectivity index (χ0) is 28.4. The summed E-state index contributed by atoms with van der Waals surface area (Å²) in [6, 6.07) is 14.3. The lowest BCUT2D eigenvalue weighted by Crippen LogP contribution is -2.45. The van der Waals surface area contributed by atoms with Crippen molar-refractivity contribution in [3.8, 4) is 0 Å². The molecule has 1 amide bonds. The fourth-order valence-corrected chi connectivity index (χ4v) is 5.55. The Morgan fingerprint density at radius 1 is 1.10 bits per heavy atom. The van der Waals surface area contributed by atoms with Crippen LogP contribution in [-0.4, -0.2) is 65.0 Å². The van der Waals surface area contributed by atoms with Crippen molar-refractivity contribution in [3.05, 3.63) is 83.4 Å². The number of amides is 1. The molecule has 0 aliphatic carbocycles. The van der Waals surface area contributed by atoms with Gasteiger partial charge in [-0.2, -0.15) is 9.19 Å². The first-order chi connectivity index (χ1) is 19.1. The maximum atomic E-state index is 13.0. The highest BCUT2D eigenvalue weighted by Gasteiger charge is 2.23. The van der Waals surface area contributed by atoms with Crippen LogP contribution in [0.4, 0.5) is 5.82 Å². The van der Waals surface area contributed by atoms with Crippen LogP contribution in [-0.2, 0) is 14.8 Å².